The molecule has 7 heteroatoms. The molecule has 1 aromatic heterocycles. The van der Waals surface area contributed by atoms with Crippen molar-refractivity contribution in [3.05, 3.63) is 59.4 Å². The molecular weight excluding hydrogens is 324 g/mol. The molecule has 1 N–H and O–H groups in total. The SMILES string of the molecule is CC(OS(=O)(=O)c1ccc(Cl)cc1)c1nc2ccccc2[nH]1. The highest BCUT2D eigenvalue weighted by Gasteiger charge is 2.22. The number of halogens is 1. The number of imidazole rings is 1. The van der Waals surface area contributed by atoms with E-state index in [4.69, 9.17) is 15.8 Å². The molecule has 1 unspecified atom stereocenters. The van der Waals surface area contributed by atoms with Crippen LogP contribution < -0.4 is 0 Å². The van der Waals surface area contributed by atoms with Crippen LogP contribution in [-0.2, 0) is 14.3 Å². The van der Waals surface area contributed by atoms with Crippen molar-refractivity contribution in [1.82, 2.24) is 9.97 Å². The topological polar surface area (TPSA) is 72.1 Å². The number of H-pyrrole nitrogens is 1. The molecule has 1 heterocycles. The lowest BCUT2D eigenvalue weighted by Crippen LogP contribution is -2.11. The Bertz CT molecular complexity index is 871. The third-order valence-electron chi connectivity index (χ3n) is 3.17. The number of aromatic amines is 1. The summed E-state index contributed by atoms with van der Waals surface area (Å²) in [6.45, 7) is 1.63. The fourth-order valence-electron chi connectivity index (χ4n) is 2.06. The minimum Gasteiger partial charge on any atom is -0.340 e. The summed E-state index contributed by atoms with van der Waals surface area (Å²) in [5.74, 6) is 0.457. The summed E-state index contributed by atoms with van der Waals surface area (Å²) >= 11 is 5.76. The Labute approximate surface area is 133 Å². The molecule has 0 bridgehead atoms. The number of nitrogens with one attached hydrogen (secondary N) is 1. The number of nitrogens with zero attached hydrogens (tertiary/aromatic N) is 1. The van der Waals surface area contributed by atoms with Gasteiger partial charge in [0.25, 0.3) is 10.1 Å². The van der Waals surface area contributed by atoms with Crippen LogP contribution in [0.1, 0.15) is 18.9 Å². The van der Waals surface area contributed by atoms with Crippen molar-refractivity contribution in [1.29, 1.82) is 0 Å². The maximum Gasteiger partial charge on any atom is 0.297 e. The lowest BCUT2D eigenvalue weighted by Gasteiger charge is -2.10. The van der Waals surface area contributed by atoms with Gasteiger partial charge in [0.15, 0.2) is 0 Å². The molecule has 0 aliphatic carbocycles. The van der Waals surface area contributed by atoms with E-state index < -0.39 is 16.2 Å². The Morgan fingerprint density at radius 2 is 1.82 bits per heavy atom. The van der Waals surface area contributed by atoms with Gasteiger partial charge >= 0.3 is 0 Å². The van der Waals surface area contributed by atoms with E-state index in [1.807, 2.05) is 24.3 Å². The molecule has 114 valence electrons. The van der Waals surface area contributed by atoms with Crippen LogP contribution >= 0.6 is 11.6 Å². The summed E-state index contributed by atoms with van der Waals surface area (Å²) in [4.78, 5) is 7.45. The van der Waals surface area contributed by atoms with Crippen LogP contribution in [0.4, 0.5) is 0 Å². The lowest BCUT2D eigenvalue weighted by atomic mass is 10.3. The average molecular weight is 337 g/mol. The molecule has 5 nitrogen and oxygen atoms in total. The molecule has 22 heavy (non-hydrogen) atoms. The Balaban J connectivity index is 1.86. The van der Waals surface area contributed by atoms with Crippen molar-refractivity contribution in [2.45, 2.75) is 17.9 Å². The van der Waals surface area contributed by atoms with Crippen molar-refractivity contribution in [2.75, 3.05) is 0 Å². The van der Waals surface area contributed by atoms with Gasteiger partial charge in [-0.15, -0.1) is 0 Å². The largest absolute Gasteiger partial charge is 0.340 e. The number of fused-ring (bicyclic) bond motifs is 1. The number of hydrogen-bond acceptors (Lipinski definition) is 4. The van der Waals surface area contributed by atoms with Gasteiger partial charge in [-0.1, -0.05) is 23.7 Å². The summed E-state index contributed by atoms with van der Waals surface area (Å²) in [7, 11) is -3.88. The second-order valence-electron chi connectivity index (χ2n) is 4.79. The molecule has 0 aliphatic heterocycles. The first-order chi connectivity index (χ1) is 10.5. The summed E-state index contributed by atoms with van der Waals surface area (Å²) in [5, 5.41) is 0.462. The number of aromatic nitrogens is 2. The highest BCUT2D eigenvalue weighted by atomic mass is 35.5. The highest BCUT2D eigenvalue weighted by Crippen LogP contribution is 2.24. The van der Waals surface area contributed by atoms with Crippen LogP contribution in [-0.4, -0.2) is 18.4 Å². The zero-order valence-electron chi connectivity index (χ0n) is 11.7. The Morgan fingerprint density at radius 3 is 2.50 bits per heavy atom. The van der Waals surface area contributed by atoms with Crippen molar-refractivity contribution in [2.24, 2.45) is 0 Å². The van der Waals surface area contributed by atoms with Crippen LogP contribution in [0.5, 0.6) is 0 Å². The second-order valence-corrected chi connectivity index (χ2v) is 6.79. The minimum atomic E-state index is -3.88. The van der Waals surface area contributed by atoms with Crippen LogP contribution in [0.2, 0.25) is 5.02 Å². The monoisotopic (exact) mass is 336 g/mol. The Morgan fingerprint density at radius 1 is 1.14 bits per heavy atom. The summed E-state index contributed by atoms with van der Waals surface area (Å²) in [5.41, 5.74) is 1.59. The summed E-state index contributed by atoms with van der Waals surface area (Å²) in [6.07, 6.45) is -0.729. The number of benzene rings is 2. The molecule has 0 radical (unpaired) electrons. The lowest BCUT2D eigenvalue weighted by molar-refractivity contribution is 0.225. The normalized spacial score (nSPS) is 13.4. The van der Waals surface area contributed by atoms with E-state index in [0.717, 1.165) is 11.0 Å². The van der Waals surface area contributed by atoms with E-state index in [9.17, 15) is 8.42 Å². The van der Waals surface area contributed by atoms with Gasteiger partial charge in [0.05, 0.1) is 15.9 Å². The average Bonchev–Trinajstić information content (AvgIpc) is 2.91. The number of rotatable bonds is 4. The third kappa shape index (κ3) is 2.99. The van der Waals surface area contributed by atoms with Crippen molar-refractivity contribution >= 4 is 32.8 Å². The molecule has 0 amide bonds. The number of hydrogen-bond donors (Lipinski definition) is 1. The molecule has 0 fully saturated rings. The molecule has 3 rings (SSSR count). The quantitative estimate of drug-likeness (QED) is 0.738. The minimum absolute atomic E-state index is 0.0554. The zero-order valence-corrected chi connectivity index (χ0v) is 13.2. The van der Waals surface area contributed by atoms with Gasteiger partial charge in [-0.25, -0.2) is 4.98 Å². The zero-order chi connectivity index (χ0) is 15.7. The van der Waals surface area contributed by atoms with E-state index >= 15 is 0 Å². The molecular formula is C15H13ClN2O3S. The van der Waals surface area contributed by atoms with Crippen LogP contribution in [0.25, 0.3) is 11.0 Å². The van der Waals surface area contributed by atoms with Gasteiger partial charge in [0.1, 0.15) is 11.9 Å². The van der Waals surface area contributed by atoms with Gasteiger partial charge in [0.2, 0.25) is 0 Å². The van der Waals surface area contributed by atoms with Crippen molar-refractivity contribution in [3.63, 3.8) is 0 Å². The van der Waals surface area contributed by atoms with Crippen LogP contribution in [0.3, 0.4) is 0 Å². The van der Waals surface area contributed by atoms with Crippen LogP contribution in [0, 0.1) is 0 Å². The van der Waals surface area contributed by atoms with Crippen molar-refractivity contribution in [3.8, 4) is 0 Å². The maximum absolute atomic E-state index is 12.2. The van der Waals surface area contributed by atoms with Gasteiger partial charge in [-0.2, -0.15) is 8.42 Å². The molecule has 0 saturated carbocycles. The van der Waals surface area contributed by atoms with E-state index in [0.29, 0.717) is 10.8 Å². The van der Waals surface area contributed by atoms with Crippen LogP contribution in [0.15, 0.2) is 53.4 Å². The third-order valence-corrected chi connectivity index (χ3v) is 4.81. The smallest absolute Gasteiger partial charge is 0.297 e. The molecule has 0 aliphatic rings. The molecule has 0 saturated heterocycles. The number of para-hydroxylation sites is 2. The predicted octanol–water partition coefficient (Wildman–Crippen LogP) is 3.68. The Kier molecular flexibility index (Phi) is 3.90. The standard InChI is InChI=1S/C15H13ClN2O3S/c1-10(15-17-13-4-2-3-5-14(13)18-15)21-22(19,20)12-8-6-11(16)7-9-12/h2-10H,1H3,(H,17,18). The maximum atomic E-state index is 12.2. The van der Waals surface area contributed by atoms with Crippen molar-refractivity contribution < 1.29 is 12.6 Å². The first-order valence-electron chi connectivity index (χ1n) is 6.59. The van der Waals surface area contributed by atoms with E-state index in [-0.39, 0.29) is 4.90 Å². The van der Waals surface area contributed by atoms with Gasteiger partial charge < -0.3 is 4.98 Å². The molecule has 0 spiro atoms. The van der Waals surface area contributed by atoms with E-state index in [1.165, 1.54) is 24.3 Å². The second kappa shape index (κ2) is 5.72. The fourth-order valence-corrected chi connectivity index (χ4v) is 3.24. The van der Waals surface area contributed by atoms with E-state index in [2.05, 4.69) is 9.97 Å². The van der Waals surface area contributed by atoms with Gasteiger partial charge in [-0.05, 0) is 43.3 Å². The Hall–Kier alpha value is -1.89. The van der Waals surface area contributed by atoms with Gasteiger partial charge in [0, 0.05) is 5.02 Å². The summed E-state index contributed by atoms with van der Waals surface area (Å²) in [6, 6.07) is 13.3. The molecule has 3 aromatic rings. The predicted molar refractivity (Wildman–Crippen MR) is 84.2 cm³/mol. The van der Waals surface area contributed by atoms with Gasteiger partial charge in [-0.3, -0.25) is 4.18 Å². The first-order valence-corrected chi connectivity index (χ1v) is 8.38. The fraction of sp³-hybridized carbons (Fsp3) is 0.133. The molecule has 2 aromatic carbocycles. The van der Waals surface area contributed by atoms with E-state index in [1.54, 1.807) is 6.92 Å². The first kappa shape index (κ1) is 15.0. The highest BCUT2D eigenvalue weighted by molar-refractivity contribution is 7.86. The molecule has 1 atom stereocenters. The summed E-state index contributed by atoms with van der Waals surface area (Å²) < 4.78 is 29.7.